The average Bonchev–Trinajstić information content (AvgIpc) is 2.93. The van der Waals surface area contributed by atoms with Gasteiger partial charge in [-0.1, -0.05) is 26.2 Å². The molecule has 2 heterocycles. The van der Waals surface area contributed by atoms with Crippen molar-refractivity contribution in [2.45, 2.75) is 69.4 Å². The van der Waals surface area contributed by atoms with E-state index in [4.69, 9.17) is 9.47 Å². The van der Waals surface area contributed by atoms with E-state index in [1.807, 2.05) is 0 Å². The van der Waals surface area contributed by atoms with Gasteiger partial charge in [-0.15, -0.1) is 0 Å². The molecule has 0 spiro atoms. The number of carbonyl (C=O) groups excluding carboxylic acids is 2. The van der Waals surface area contributed by atoms with Crippen LogP contribution in [0, 0.1) is 0 Å². The van der Waals surface area contributed by atoms with Crippen LogP contribution in [0.25, 0.3) is 0 Å². The number of anilines is 1. The predicted octanol–water partition coefficient (Wildman–Crippen LogP) is 1.98. The Hall–Kier alpha value is -2.21. The molecule has 3 aliphatic rings. The maximum Gasteiger partial charge on any atom is 0.265 e. The molecule has 2 fully saturated rings. The number of nitrogens with one attached hydrogen (secondary N) is 1. The Morgan fingerprint density at radius 1 is 1.19 bits per heavy atom. The van der Waals surface area contributed by atoms with Crippen molar-refractivity contribution >= 4 is 27.5 Å². The van der Waals surface area contributed by atoms with E-state index in [-0.39, 0.29) is 43.0 Å². The number of benzene rings is 1. The standard InChI is InChI=1S/C26H40N4O6S/c1-3-20(2)29(21-7-5-4-6-8-21)12-11-27-25(31)18-30-23-17-22(9-10-24(23)36-19-26(30)32)37(33,34)28-13-15-35-16-14-28/h9-10,17,20-21H,3-8,11-16,18-19H2,1-2H3,(H,27,31)/t20-/m1/s1. The van der Waals surface area contributed by atoms with Crippen molar-refractivity contribution in [3.05, 3.63) is 18.2 Å². The van der Waals surface area contributed by atoms with Crippen molar-refractivity contribution in [2.24, 2.45) is 0 Å². The molecule has 1 aromatic rings. The van der Waals surface area contributed by atoms with Crippen LogP contribution in [-0.4, -0.2) is 94.1 Å². The van der Waals surface area contributed by atoms with E-state index in [0.29, 0.717) is 43.3 Å². The van der Waals surface area contributed by atoms with Gasteiger partial charge in [-0.3, -0.25) is 19.4 Å². The van der Waals surface area contributed by atoms with Gasteiger partial charge >= 0.3 is 0 Å². The molecule has 1 atom stereocenters. The van der Waals surface area contributed by atoms with Gasteiger partial charge < -0.3 is 14.8 Å². The van der Waals surface area contributed by atoms with Crippen molar-refractivity contribution in [1.82, 2.24) is 14.5 Å². The van der Waals surface area contributed by atoms with Gasteiger partial charge in [0.15, 0.2) is 6.61 Å². The number of morpholine rings is 1. The number of nitrogens with zero attached hydrogens (tertiary/aromatic N) is 3. The van der Waals surface area contributed by atoms with Gasteiger partial charge in [0, 0.05) is 38.3 Å². The first-order valence-electron chi connectivity index (χ1n) is 13.5. The second-order valence-corrected chi connectivity index (χ2v) is 12.0. The van der Waals surface area contributed by atoms with E-state index in [2.05, 4.69) is 24.1 Å². The van der Waals surface area contributed by atoms with Crippen LogP contribution >= 0.6 is 0 Å². The summed E-state index contributed by atoms with van der Waals surface area (Å²) in [5.41, 5.74) is 0.296. The Kier molecular flexibility index (Phi) is 9.44. The topological polar surface area (TPSA) is 108 Å². The van der Waals surface area contributed by atoms with Crippen LogP contribution in [0.5, 0.6) is 5.75 Å². The zero-order valence-electron chi connectivity index (χ0n) is 22.0. The lowest BCUT2D eigenvalue weighted by Gasteiger charge is -2.38. The van der Waals surface area contributed by atoms with E-state index in [1.165, 1.54) is 53.4 Å². The Labute approximate surface area is 220 Å². The minimum Gasteiger partial charge on any atom is -0.482 e. The van der Waals surface area contributed by atoms with Crippen LogP contribution in [-0.2, 0) is 24.3 Å². The zero-order valence-corrected chi connectivity index (χ0v) is 22.8. The van der Waals surface area contributed by atoms with Crippen LogP contribution in [0.2, 0.25) is 0 Å². The maximum absolute atomic E-state index is 13.1. The molecule has 1 aromatic carbocycles. The van der Waals surface area contributed by atoms with Crippen LogP contribution in [0.1, 0.15) is 52.4 Å². The first-order valence-corrected chi connectivity index (χ1v) is 14.9. The molecule has 1 N–H and O–H groups in total. The minimum absolute atomic E-state index is 0.0635. The molecular formula is C26H40N4O6S. The quantitative estimate of drug-likeness (QED) is 0.487. The van der Waals surface area contributed by atoms with Gasteiger partial charge in [0.05, 0.1) is 23.8 Å². The molecule has 0 unspecified atom stereocenters. The van der Waals surface area contributed by atoms with Gasteiger partial charge in [0.1, 0.15) is 12.3 Å². The van der Waals surface area contributed by atoms with Gasteiger partial charge in [-0.2, -0.15) is 4.31 Å². The molecular weight excluding hydrogens is 496 g/mol. The lowest BCUT2D eigenvalue weighted by Crippen LogP contribution is -2.49. The lowest BCUT2D eigenvalue weighted by molar-refractivity contribution is -0.125. The summed E-state index contributed by atoms with van der Waals surface area (Å²) in [6.07, 6.45) is 7.27. The third-order valence-electron chi connectivity index (χ3n) is 7.68. The fourth-order valence-electron chi connectivity index (χ4n) is 5.39. The fraction of sp³-hybridized carbons (Fsp3) is 0.692. The van der Waals surface area contributed by atoms with Gasteiger partial charge in [-0.05, 0) is 44.4 Å². The minimum atomic E-state index is -3.76. The highest BCUT2D eigenvalue weighted by molar-refractivity contribution is 7.89. The largest absolute Gasteiger partial charge is 0.482 e. The third-order valence-corrected chi connectivity index (χ3v) is 9.57. The second-order valence-electron chi connectivity index (χ2n) is 10.1. The summed E-state index contributed by atoms with van der Waals surface area (Å²) in [6, 6.07) is 5.46. The molecule has 0 radical (unpaired) electrons. The lowest BCUT2D eigenvalue weighted by atomic mass is 9.93. The first-order chi connectivity index (χ1) is 17.8. The van der Waals surface area contributed by atoms with Gasteiger partial charge in [0.25, 0.3) is 5.91 Å². The van der Waals surface area contributed by atoms with E-state index in [0.717, 1.165) is 13.0 Å². The average molecular weight is 537 g/mol. The summed E-state index contributed by atoms with van der Waals surface area (Å²) in [5.74, 6) is -0.282. The number of amides is 2. The molecule has 2 amide bonds. The zero-order chi connectivity index (χ0) is 26.4. The number of rotatable bonds is 10. The molecule has 11 heteroatoms. The van der Waals surface area contributed by atoms with Crippen LogP contribution in [0.15, 0.2) is 23.1 Å². The van der Waals surface area contributed by atoms with Crippen molar-refractivity contribution < 1.29 is 27.5 Å². The highest BCUT2D eigenvalue weighted by atomic mass is 32.2. The van der Waals surface area contributed by atoms with Crippen molar-refractivity contribution in [1.29, 1.82) is 0 Å². The van der Waals surface area contributed by atoms with E-state index >= 15 is 0 Å². The number of carbonyl (C=O) groups is 2. The Morgan fingerprint density at radius 2 is 1.92 bits per heavy atom. The van der Waals surface area contributed by atoms with Crippen molar-refractivity contribution in [3.8, 4) is 5.75 Å². The smallest absolute Gasteiger partial charge is 0.265 e. The Balaban J connectivity index is 1.41. The van der Waals surface area contributed by atoms with Crippen molar-refractivity contribution in [3.63, 3.8) is 0 Å². The number of sulfonamides is 1. The molecule has 0 aromatic heterocycles. The number of fused-ring (bicyclic) bond motifs is 1. The Bertz CT molecular complexity index is 1050. The van der Waals surface area contributed by atoms with Gasteiger partial charge in [-0.25, -0.2) is 8.42 Å². The molecule has 10 nitrogen and oxygen atoms in total. The molecule has 37 heavy (non-hydrogen) atoms. The van der Waals surface area contributed by atoms with E-state index < -0.39 is 10.0 Å². The highest BCUT2D eigenvalue weighted by Gasteiger charge is 2.32. The summed E-state index contributed by atoms with van der Waals surface area (Å²) in [4.78, 5) is 29.5. The normalized spacial score (nSPS) is 20.4. The first kappa shape index (κ1) is 27.8. The predicted molar refractivity (Wildman–Crippen MR) is 140 cm³/mol. The summed E-state index contributed by atoms with van der Waals surface area (Å²) in [5, 5.41) is 2.97. The number of ether oxygens (including phenoxy) is 2. The van der Waals surface area contributed by atoms with Crippen LogP contribution in [0.4, 0.5) is 5.69 Å². The molecule has 1 saturated heterocycles. The van der Waals surface area contributed by atoms with E-state index in [1.54, 1.807) is 6.07 Å². The maximum atomic E-state index is 13.1. The number of hydrogen-bond donors (Lipinski definition) is 1. The third kappa shape index (κ3) is 6.63. The summed E-state index contributed by atoms with van der Waals surface area (Å²) < 4.78 is 38.4. The molecule has 1 aliphatic carbocycles. The number of hydrogen-bond acceptors (Lipinski definition) is 7. The van der Waals surface area contributed by atoms with Crippen molar-refractivity contribution in [2.75, 3.05) is 57.4 Å². The summed E-state index contributed by atoms with van der Waals surface area (Å²) in [7, 11) is -3.76. The van der Waals surface area contributed by atoms with Crippen LogP contribution < -0.4 is 15.0 Å². The molecule has 0 bridgehead atoms. The monoisotopic (exact) mass is 536 g/mol. The summed E-state index contributed by atoms with van der Waals surface area (Å²) >= 11 is 0. The van der Waals surface area contributed by atoms with E-state index in [9.17, 15) is 18.0 Å². The second kappa shape index (κ2) is 12.6. The van der Waals surface area contributed by atoms with Gasteiger partial charge in [0.2, 0.25) is 15.9 Å². The summed E-state index contributed by atoms with van der Waals surface area (Å²) in [6.45, 7) is 6.53. The fourth-order valence-corrected chi connectivity index (χ4v) is 6.81. The SMILES string of the molecule is CC[C@@H](C)N(CCNC(=O)CN1C(=O)COc2ccc(S(=O)(=O)N3CCOCC3)cc21)C1CCCCC1. The Morgan fingerprint density at radius 3 is 2.62 bits per heavy atom. The molecule has 206 valence electrons. The van der Waals surface area contributed by atoms with Crippen LogP contribution in [0.3, 0.4) is 0 Å². The molecule has 1 saturated carbocycles. The molecule has 4 rings (SSSR count). The highest BCUT2D eigenvalue weighted by Crippen LogP contribution is 2.35. The molecule has 2 aliphatic heterocycles.